The summed E-state index contributed by atoms with van der Waals surface area (Å²) >= 11 is 0. The summed E-state index contributed by atoms with van der Waals surface area (Å²) in [6.07, 6.45) is 4.63. The fourth-order valence-corrected chi connectivity index (χ4v) is 1.24. The summed E-state index contributed by atoms with van der Waals surface area (Å²) in [6.45, 7) is 2.31. The third kappa shape index (κ3) is 0.129. The highest BCUT2D eigenvalue weighted by molar-refractivity contribution is 5.24. The fraction of sp³-hybridized carbons (Fsp3) is 0.667. The van der Waals surface area contributed by atoms with E-state index in [-0.39, 0.29) is 0 Å². The Kier molecular flexibility index (Phi) is 0.272. The summed E-state index contributed by atoms with van der Waals surface area (Å²) in [4.78, 5) is 0. The molecule has 2 unspecified atom stereocenters. The van der Waals surface area contributed by atoms with Crippen LogP contribution in [-0.2, 0) is 0 Å². The van der Waals surface area contributed by atoms with Crippen LogP contribution in [0.3, 0.4) is 0 Å². The first-order valence-corrected chi connectivity index (χ1v) is 2.58. The van der Waals surface area contributed by atoms with Crippen LogP contribution in [0.5, 0.6) is 0 Å². The van der Waals surface area contributed by atoms with Gasteiger partial charge in [-0.25, -0.2) is 0 Å². The van der Waals surface area contributed by atoms with Crippen LogP contribution in [0.4, 0.5) is 0 Å². The second-order valence-electron chi connectivity index (χ2n) is 2.40. The van der Waals surface area contributed by atoms with Crippen LogP contribution >= 0.6 is 0 Å². The second-order valence-corrected chi connectivity index (χ2v) is 2.40. The molecule has 0 aromatic carbocycles. The first kappa shape index (κ1) is 2.84. The van der Waals surface area contributed by atoms with Gasteiger partial charge in [-0.05, 0) is 17.8 Å². The van der Waals surface area contributed by atoms with E-state index < -0.39 is 0 Å². The summed E-state index contributed by atoms with van der Waals surface area (Å²) < 4.78 is 0. The lowest BCUT2D eigenvalue weighted by Crippen LogP contribution is -1.80. The Balaban J connectivity index is 2.26. The lowest BCUT2D eigenvalue weighted by atomic mass is 10.1. The zero-order chi connectivity index (χ0) is 4.15. The molecular weight excluding hydrogens is 72.1 g/mol. The largest absolute Gasteiger partial charge is 0.0842 e. The Bertz CT molecular complexity index is 90.6. The Hall–Kier alpha value is -0.260. The minimum Gasteiger partial charge on any atom is -0.0842 e. The molecule has 1 saturated carbocycles. The maximum Gasteiger partial charge on any atom is -0.0136 e. The molecule has 2 aliphatic rings. The van der Waals surface area contributed by atoms with Crippen molar-refractivity contribution in [1.82, 2.24) is 0 Å². The number of fused-ring (bicyclic) bond motifs is 1. The van der Waals surface area contributed by atoms with Gasteiger partial charge in [0, 0.05) is 0 Å². The van der Waals surface area contributed by atoms with Gasteiger partial charge in [0.25, 0.3) is 0 Å². The van der Waals surface area contributed by atoms with Crippen LogP contribution < -0.4 is 0 Å². The molecule has 0 nitrogen and oxygen atoms in total. The van der Waals surface area contributed by atoms with Crippen LogP contribution in [0.2, 0.25) is 0 Å². The zero-order valence-corrected chi connectivity index (χ0v) is 3.89. The average Bonchev–Trinajstić information content (AvgIpc) is 1.63. The van der Waals surface area contributed by atoms with Crippen molar-refractivity contribution in [2.45, 2.75) is 6.92 Å². The normalized spacial score (nSPS) is 59.8. The highest BCUT2D eigenvalue weighted by atomic mass is 14.5. The van der Waals surface area contributed by atoms with E-state index in [2.05, 4.69) is 19.1 Å². The van der Waals surface area contributed by atoms with E-state index >= 15 is 0 Å². The molecule has 6 heavy (non-hydrogen) atoms. The highest BCUT2D eigenvalue weighted by Gasteiger charge is 2.48. The fourth-order valence-electron chi connectivity index (χ4n) is 1.24. The minimum absolute atomic E-state index is 1.02. The second kappa shape index (κ2) is 0.575. The Morgan fingerprint density at radius 1 is 1.17 bits per heavy atom. The molecule has 0 N–H and O–H groups in total. The topological polar surface area (TPSA) is 0 Å². The molecule has 0 spiro atoms. The van der Waals surface area contributed by atoms with Gasteiger partial charge in [0.2, 0.25) is 0 Å². The van der Waals surface area contributed by atoms with Gasteiger partial charge in [0.15, 0.2) is 0 Å². The predicted molar refractivity (Wildman–Crippen MR) is 25.3 cm³/mol. The summed E-state index contributed by atoms with van der Waals surface area (Å²) in [6, 6.07) is 0. The minimum atomic E-state index is 1.02. The number of allylic oxidation sites excluding steroid dienone is 2. The molecule has 0 radical (unpaired) electrons. The number of hydrogen-bond acceptors (Lipinski definition) is 0. The van der Waals surface area contributed by atoms with Crippen molar-refractivity contribution in [2.75, 3.05) is 0 Å². The quantitative estimate of drug-likeness (QED) is 0.386. The van der Waals surface area contributed by atoms with Gasteiger partial charge < -0.3 is 0 Å². The number of rotatable bonds is 0. The third-order valence-electron chi connectivity index (χ3n) is 2.07. The molecule has 2 rings (SSSR count). The molecule has 0 amide bonds. The van der Waals surface area contributed by atoms with Crippen LogP contribution in [0.15, 0.2) is 12.2 Å². The smallest absolute Gasteiger partial charge is 0.0136 e. The van der Waals surface area contributed by atoms with Crippen LogP contribution in [0.1, 0.15) is 6.92 Å². The van der Waals surface area contributed by atoms with Crippen molar-refractivity contribution in [3.8, 4) is 0 Å². The molecule has 0 heterocycles. The predicted octanol–water partition coefficient (Wildman–Crippen LogP) is 1.44. The molecule has 1 fully saturated rings. The van der Waals surface area contributed by atoms with E-state index in [1.54, 1.807) is 0 Å². The Labute approximate surface area is 37.9 Å². The Morgan fingerprint density at radius 3 is 1.67 bits per heavy atom. The van der Waals surface area contributed by atoms with Crippen molar-refractivity contribution in [1.29, 1.82) is 0 Å². The van der Waals surface area contributed by atoms with Gasteiger partial charge in [-0.2, -0.15) is 0 Å². The van der Waals surface area contributed by atoms with Crippen molar-refractivity contribution >= 4 is 0 Å². The van der Waals surface area contributed by atoms with E-state index in [0.717, 1.165) is 17.8 Å². The molecule has 32 valence electrons. The van der Waals surface area contributed by atoms with E-state index in [1.807, 2.05) is 0 Å². The van der Waals surface area contributed by atoms with E-state index in [1.165, 1.54) is 0 Å². The maximum atomic E-state index is 2.31. The van der Waals surface area contributed by atoms with E-state index in [0.29, 0.717) is 0 Å². The standard InChI is InChI=1S/C6H8/c1-4-5-2-3-6(4)5/h2-6H,1H3. The number of hydrogen-bond donors (Lipinski definition) is 0. The molecule has 2 atom stereocenters. The monoisotopic (exact) mass is 80.1 g/mol. The summed E-state index contributed by atoms with van der Waals surface area (Å²) in [7, 11) is 0. The van der Waals surface area contributed by atoms with Gasteiger partial charge in [-0.3, -0.25) is 0 Å². The highest BCUT2D eigenvalue weighted by Crippen LogP contribution is 2.54. The first-order valence-electron chi connectivity index (χ1n) is 2.58. The molecule has 0 heteroatoms. The molecule has 0 aliphatic heterocycles. The van der Waals surface area contributed by atoms with E-state index in [4.69, 9.17) is 0 Å². The summed E-state index contributed by atoms with van der Waals surface area (Å²) in [5.74, 6) is 3.06. The van der Waals surface area contributed by atoms with Crippen molar-refractivity contribution in [3.63, 3.8) is 0 Å². The lowest BCUT2D eigenvalue weighted by Gasteiger charge is -1.91. The van der Waals surface area contributed by atoms with Gasteiger partial charge in [-0.1, -0.05) is 19.1 Å². The molecule has 2 aliphatic carbocycles. The summed E-state index contributed by atoms with van der Waals surface area (Å²) in [5, 5.41) is 0. The first-order chi connectivity index (χ1) is 2.89. The molecule has 0 saturated heterocycles. The van der Waals surface area contributed by atoms with E-state index in [9.17, 15) is 0 Å². The van der Waals surface area contributed by atoms with Crippen molar-refractivity contribution in [2.24, 2.45) is 17.8 Å². The van der Waals surface area contributed by atoms with Crippen LogP contribution in [0, 0.1) is 17.8 Å². The van der Waals surface area contributed by atoms with Crippen molar-refractivity contribution in [3.05, 3.63) is 12.2 Å². The molecular formula is C6H8. The Morgan fingerprint density at radius 2 is 1.67 bits per heavy atom. The molecule has 0 aromatic heterocycles. The van der Waals surface area contributed by atoms with Gasteiger partial charge in [0.1, 0.15) is 0 Å². The van der Waals surface area contributed by atoms with Gasteiger partial charge >= 0.3 is 0 Å². The average molecular weight is 80.1 g/mol. The zero-order valence-electron chi connectivity index (χ0n) is 3.89. The maximum absolute atomic E-state index is 2.31. The molecule has 0 aromatic rings. The summed E-state index contributed by atoms with van der Waals surface area (Å²) in [5.41, 5.74) is 0. The third-order valence-corrected chi connectivity index (χ3v) is 2.07. The van der Waals surface area contributed by atoms with Crippen molar-refractivity contribution < 1.29 is 0 Å². The van der Waals surface area contributed by atoms with Gasteiger partial charge in [0.05, 0.1) is 0 Å². The van der Waals surface area contributed by atoms with Gasteiger partial charge in [-0.15, -0.1) is 0 Å². The van der Waals surface area contributed by atoms with Crippen LogP contribution in [0.25, 0.3) is 0 Å². The SMILES string of the molecule is CC1C2C=CC12. The lowest BCUT2D eigenvalue weighted by molar-refractivity contribution is 0.907. The van der Waals surface area contributed by atoms with Crippen LogP contribution in [-0.4, -0.2) is 0 Å². The molecule has 0 bridgehead atoms.